The molecule has 26 heavy (non-hydrogen) atoms. The van der Waals surface area contributed by atoms with Crippen molar-refractivity contribution >= 4 is 5.91 Å². The first kappa shape index (κ1) is 18.5. The van der Waals surface area contributed by atoms with E-state index in [1.807, 2.05) is 30.3 Å². The fourth-order valence-electron chi connectivity index (χ4n) is 2.78. The highest BCUT2D eigenvalue weighted by atomic mass is 16.6. The standard InChI is InChI=1S/C17H22N4O5/c1-10-13(22)14(23)15(26-17(10)25)16(24)18-7-12-9-21(20-19-12)8-11-5-3-2-4-6-11/h2-6,9-10,13-15,17,22-23,25H,7-8H2,1H3,(H,18,24)/t10?,13?,14-,15?,17+/m0/s1. The fraction of sp³-hybridized carbons (Fsp3) is 0.471. The third kappa shape index (κ3) is 4.07. The molecule has 3 unspecified atom stereocenters. The molecule has 4 N–H and O–H groups in total. The second-order valence-electron chi connectivity index (χ2n) is 6.40. The lowest BCUT2D eigenvalue weighted by Crippen LogP contribution is -2.58. The molecule has 0 radical (unpaired) electrons. The number of rotatable bonds is 5. The average molecular weight is 362 g/mol. The van der Waals surface area contributed by atoms with Crippen LogP contribution in [0.4, 0.5) is 0 Å². The van der Waals surface area contributed by atoms with E-state index in [0.717, 1.165) is 5.56 Å². The molecule has 0 aliphatic carbocycles. The van der Waals surface area contributed by atoms with Crippen molar-refractivity contribution in [1.82, 2.24) is 20.3 Å². The van der Waals surface area contributed by atoms with E-state index < -0.39 is 36.4 Å². The minimum atomic E-state index is -1.41. The highest BCUT2D eigenvalue weighted by molar-refractivity contribution is 5.81. The van der Waals surface area contributed by atoms with Crippen molar-refractivity contribution in [3.63, 3.8) is 0 Å². The second-order valence-corrected chi connectivity index (χ2v) is 6.40. The molecular formula is C17H22N4O5. The summed E-state index contributed by atoms with van der Waals surface area (Å²) in [7, 11) is 0. The first-order valence-electron chi connectivity index (χ1n) is 8.36. The van der Waals surface area contributed by atoms with Gasteiger partial charge in [-0.1, -0.05) is 42.5 Å². The number of carbonyl (C=O) groups excluding carboxylic acids is 1. The number of nitrogens with zero attached hydrogens (tertiary/aromatic N) is 3. The highest BCUT2D eigenvalue weighted by Crippen LogP contribution is 2.24. The van der Waals surface area contributed by atoms with Gasteiger partial charge in [0.05, 0.1) is 25.4 Å². The van der Waals surface area contributed by atoms with Crippen LogP contribution >= 0.6 is 0 Å². The molecule has 1 fully saturated rings. The number of aromatic nitrogens is 3. The molecular weight excluding hydrogens is 340 g/mol. The maximum atomic E-state index is 12.2. The van der Waals surface area contributed by atoms with Crippen LogP contribution in [0.1, 0.15) is 18.2 Å². The van der Waals surface area contributed by atoms with Crippen LogP contribution < -0.4 is 5.32 Å². The third-order valence-corrected chi connectivity index (χ3v) is 4.41. The molecule has 140 valence electrons. The van der Waals surface area contributed by atoms with Gasteiger partial charge in [-0.15, -0.1) is 5.10 Å². The zero-order valence-corrected chi connectivity index (χ0v) is 14.3. The topological polar surface area (TPSA) is 130 Å². The van der Waals surface area contributed by atoms with Crippen LogP contribution in [0.25, 0.3) is 0 Å². The van der Waals surface area contributed by atoms with E-state index in [1.54, 1.807) is 10.9 Å². The largest absolute Gasteiger partial charge is 0.390 e. The van der Waals surface area contributed by atoms with Gasteiger partial charge in [0.15, 0.2) is 12.4 Å². The Bertz CT molecular complexity index is 738. The molecule has 0 saturated carbocycles. The number of hydrogen-bond acceptors (Lipinski definition) is 7. The zero-order chi connectivity index (χ0) is 18.7. The molecule has 9 heteroatoms. The van der Waals surface area contributed by atoms with Gasteiger partial charge >= 0.3 is 0 Å². The van der Waals surface area contributed by atoms with Crippen molar-refractivity contribution in [3.05, 3.63) is 47.8 Å². The van der Waals surface area contributed by atoms with E-state index in [0.29, 0.717) is 12.2 Å². The molecule has 2 aromatic rings. The fourth-order valence-corrected chi connectivity index (χ4v) is 2.78. The summed E-state index contributed by atoms with van der Waals surface area (Å²) in [6.07, 6.45) is -3.63. The monoisotopic (exact) mass is 362 g/mol. The van der Waals surface area contributed by atoms with Crippen LogP contribution in [0, 0.1) is 5.92 Å². The van der Waals surface area contributed by atoms with Gasteiger partial charge in [-0.25, -0.2) is 4.68 Å². The summed E-state index contributed by atoms with van der Waals surface area (Å²) in [5.41, 5.74) is 1.61. The maximum Gasteiger partial charge on any atom is 0.252 e. The number of hydrogen-bond donors (Lipinski definition) is 4. The molecule has 5 atom stereocenters. The van der Waals surface area contributed by atoms with Gasteiger partial charge in [0, 0.05) is 5.92 Å². The van der Waals surface area contributed by atoms with Crippen LogP contribution in [-0.4, -0.2) is 60.8 Å². The van der Waals surface area contributed by atoms with Crippen molar-refractivity contribution in [2.75, 3.05) is 0 Å². The Morgan fingerprint density at radius 2 is 1.96 bits per heavy atom. The lowest BCUT2D eigenvalue weighted by molar-refractivity contribution is -0.254. The molecule has 3 rings (SSSR count). The number of benzene rings is 1. The third-order valence-electron chi connectivity index (χ3n) is 4.41. The van der Waals surface area contributed by atoms with E-state index in [4.69, 9.17) is 4.74 Å². The summed E-state index contributed by atoms with van der Waals surface area (Å²) >= 11 is 0. The van der Waals surface area contributed by atoms with Crippen LogP contribution in [0.2, 0.25) is 0 Å². The maximum absolute atomic E-state index is 12.2. The Balaban J connectivity index is 1.55. The van der Waals surface area contributed by atoms with Gasteiger partial charge in [0.25, 0.3) is 5.91 Å². The lowest BCUT2D eigenvalue weighted by Gasteiger charge is -2.38. The Morgan fingerprint density at radius 1 is 1.23 bits per heavy atom. The van der Waals surface area contributed by atoms with E-state index in [2.05, 4.69) is 15.6 Å². The normalized spacial score (nSPS) is 28.7. The van der Waals surface area contributed by atoms with Gasteiger partial charge in [-0.2, -0.15) is 0 Å². The number of carbonyl (C=O) groups is 1. The Labute approximate surface area is 150 Å². The van der Waals surface area contributed by atoms with Crippen molar-refractivity contribution in [3.8, 4) is 0 Å². The van der Waals surface area contributed by atoms with Crippen molar-refractivity contribution < 1.29 is 24.9 Å². The van der Waals surface area contributed by atoms with E-state index in [9.17, 15) is 20.1 Å². The molecule has 0 spiro atoms. The van der Waals surface area contributed by atoms with Crippen LogP contribution in [-0.2, 0) is 22.6 Å². The van der Waals surface area contributed by atoms with Crippen molar-refractivity contribution in [2.45, 2.75) is 44.6 Å². The Morgan fingerprint density at radius 3 is 2.69 bits per heavy atom. The summed E-state index contributed by atoms with van der Waals surface area (Å²) in [6.45, 7) is 2.17. The number of aliphatic hydroxyl groups is 3. The number of amides is 1. The highest BCUT2D eigenvalue weighted by Gasteiger charge is 2.44. The lowest BCUT2D eigenvalue weighted by atomic mass is 9.92. The molecule has 1 aromatic carbocycles. The van der Waals surface area contributed by atoms with Gasteiger partial charge in [-0.05, 0) is 5.56 Å². The average Bonchev–Trinajstić information content (AvgIpc) is 3.09. The molecule has 9 nitrogen and oxygen atoms in total. The predicted octanol–water partition coefficient (Wildman–Crippen LogP) is -0.982. The van der Waals surface area contributed by atoms with Crippen molar-refractivity contribution in [1.29, 1.82) is 0 Å². The van der Waals surface area contributed by atoms with Crippen molar-refractivity contribution in [2.24, 2.45) is 5.92 Å². The van der Waals surface area contributed by atoms with Gasteiger partial charge in [-0.3, -0.25) is 4.79 Å². The number of aliphatic hydroxyl groups excluding tert-OH is 3. The number of ether oxygens (including phenoxy) is 1. The predicted molar refractivity (Wildman–Crippen MR) is 89.5 cm³/mol. The SMILES string of the molecule is CC1C(O)[C@H](O)C(C(=O)NCc2cn(Cc3ccccc3)nn2)O[C@H]1O. The first-order chi connectivity index (χ1) is 12.5. The molecule has 1 aromatic heterocycles. The molecule has 1 aliphatic heterocycles. The summed E-state index contributed by atoms with van der Waals surface area (Å²) in [4.78, 5) is 12.2. The quantitative estimate of drug-likeness (QED) is 0.538. The Kier molecular flexibility index (Phi) is 5.62. The minimum Gasteiger partial charge on any atom is -0.390 e. The molecule has 1 aliphatic rings. The van der Waals surface area contributed by atoms with E-state index in [-0.39, 0.29) is 6.54 Å². The summed E-state index contributed by atoms with van der Waals surface area (Å²) in [6, 6.07) is 9.76. The Hall–Kier alpha value is -2.33. The molecule has 0 bridgehead atoms. The van der Waals surface area contributed by atoms with Gasteiger partial charge < -0.3 is 25.4 Å². The van der Waals surface area contributed by atoms with Crippen LogP contribution in [0.3, 0.4) is 0 Å². The number of nitrogens with one attached hydrogen (secondary N) is 1. The van der Waals surface area contributed by atoms with Crippen LogP contribution in [0.5, 0.6) is 0 Å². The zero-order valence-electron chi connectivity index (χ0n) is 14.3. The van der Waals surface area contributed by atoms with E-state index >= 15 is 0 Å². The first-order valence-corrected chi connectivity index (χ1v) is 8.36. The van der Waals surface area contributed by atoms with Gasteiger partial charge in [0.2, 0.25) is 0 Å². The summed E-state index contributed by atoms with van der Waals surface area (Å²) in [5, 5.41) is 40.1. The van der Waals surface area contributed by atoms with Gasteiger partial charge in [0.1, 0.15) is 11.8 Å². The molecule has 1 saturated heterocycles. The van der Waals surface area contributed by atoms with E-state index in [1.165, 1.54) is 6.92 Å². The molecule has 2 heterocycles. The summed E-state index contributed by atoms with van der Waals surface area (Å²) in [5.74, 6) is -1.33. The summed E-state index contributed by atoms with van der Waals surface area (Å²) < 4.78 is 6.76. The second kappa shape index (κ2) is 7.92. The minimum absolute atomic E-state index is 0.0853. The smallest absolute Gasteiger partial charge is 0.252 e. The molecule has 1 amide bonds. The van der Waals surface area contributed by atoms with Crippen LogP contribution in [0.15, 0.2) is 36.5 Å².